The average molecular weight is 303 g/mol. The summed E-state index contributed by atoms with van der Waals surface area (Å²) >= 11 is 0. The summed E-state index contributed by atoms with van der Waals surface area (Å²) in [4.78, 5) is 22.7. The van der Waals surface area contributed by atoms with Crippen molar-refractivity contribution in [1.82, 2.24) is 5.32 Å². The number of hydrogen-bond acceptors (Lipinski definition) is 3. The van der Waals surface area contributed by atoms with Crippen molar-refractivity contribution >= 4 is 11.9 Å². The van der Waals surface area contributed by atoms with Crippen LogP contribution in [-0.4, -0.2) is 30.1 Å². The van der Waals surface area contributed by atoms with Gasteiger partial charge in [0.15, 0.2) is 0 Å². The third-order valence-electron chi connectivity index (χ3n) is 4.93. The van der Waals surface area contributed by atoms with Crippen molar-refractivity contribution < 1.29 is 19.4 Å². The first-order chi connectivity index (χ1) is 10.6. The monoisotopic (exact) mass is 303 g/mol. The molecule has 0 aliphatic heterocycles. The Morgan fingerprint density at radius 3 is 2.27 bits per heavy atom. The summed E-state index contributed by atoms with van der Waals surface area (Å²) in [5.74, 6) is 0.142. The van der Waals surface area contributed by atoms with E-state index in [-0.39, 0.29) is 23.8 Å². The second-order valence-electron chi connectivity index (χ2n) is 6.35. The maximum Gasteiger partial charge on any atom is 0.306 e. The number of rotatable bonds is 5. The van der Waals surface area contributed by atoms with Gasteiger partial charge in [-0.2, -0.15) is 0 Å². The summed E-state index contributed by atoms with van der Waals surface area (Å²) in [6, 6.07) is 8.29. The fourth-order valence-electron chi connectivity index (χ4n) is 3.24. The van der Waals surface area contributed by atoms with Gasteiger partial charge in [0, 0.05) is 12.0 Å². The van der Waals surface area contributed by atoms with Crippen molar-refractivity contribution in [2.45, 2.75) is 37.6 Å². The first-order valence-electron chi connectivity index (χ1n) is 7.74. The lowest BCUT2D eigenvalue weighted by molar-refractivity contribution is -0.148. The molecule has 2 aliphatic carbocycles. The summed E-state index contributed by atoms with van der Waals surface area (Å²) in [5, 5.41) is 11.9. The van der Waals surface area contributed by atoms with Crippen molar-refractivity contribution in [2.75, 3.05) is 7.11 Å². The highest BCUT2D eigenvalue weighted by atomic mass is 16.5. The maximum absolute atomic E-state index is 12.0. The van der Waals surface area contributed by atoms with E-state index >= 15 is 0 Å². The van der Waals surface area contributed by atoms with Crippen molar-refractivity contribution in [3.8, 4) is 5.75 Å². The highest BCUT2D eigenvalue weighted by Gasteiger charge is 2.40. The number of aliphatic carboxylic acids is 1. The molecule has 3 rings (SSSR count). The molecule has 0 radical (unpaired) electrons. The SMILES string of the molecule is COc1ccc(C2CC(NC(=O)C3CC(C(=O)O)C3)C2)cc1. The second kappa shape index (κ2) is 5.99. The molecule has 1 aromatic carbocycles. The normalized spacial score (nSPS) is 29.9. The lowest BCUT2D eigenvalue weighted by atomic mass is 9.72. The standard InChI is InChI=1S/C17H21NO4/c1-22-15-4-2-10(3-5-15)11-8-14(9-11)18-16(19)12-6-13(7-12)17(20)21/h2-5,11-14H,6-9H2,1H3,(H,18,19)(H,20,21). The summed E-state index contributed by atoms with van der Waals surface area (Å²) in [5.41, 5.74) is 1.28. The number of carboxylic acids is 1. The van der Waals surface area contributed by atoms with Crippen LogP contribution in [-0.2, 0) is 9.59 Å². The lowest BCUT2D eigenvalue weighted by Gasteiger charge is -2.39. The van der Waals surface area contributed by atoms with Gasteiger partial charge in [-0.25, -0.2) is 0 Å². The van der Waals surface area contributed by atoms with Crippen LogP contribution >= 0.6 is 0 Å². The number of amides is 1. The number of carbonyl (C=O) groups excluding carboxylic acids is 1. The molecule has 2 fully saturated rings. The molecular weight excluding hydrogens is 282 g/mol. The Kier molecular flexibility index (Phi) is 4.05. The van der Waals surface area contributed by atoms with Gasteiger partial charge in [-0.3, -0.25) is 9.59 Å². The van der Waals surface area contributed by atoms with Crippen LogP contribution in [0.3, 0.4) is 0 Å². The van der Waals surface area contributed by atoms with Crippen molar-refractivity contribution in [3.63, 3.8) is 0 Å². The van der Waals surface area contributed by atoms with Crippen molar-refractivity contribution in [2.24, 2.45) is 11.8 Å². The molecule has 2 N–H and O–H groups in total. The topological polar surface area (TPSA) is 75.6 Å². The van der Waals surface area contributed by atoms with Crippen molar-refractivity contribution in [1.29, 1.82) is 0 Å². The van der Waals surface area contributed by atoms with E-state index < -0.39 is 5.97 Å². The van der Waals surface area contributed by atoms with E-state index in [0.717, 1.165) is 18.6 Å². The Balaban J connectivity index is 1.42. The van der Waals surface area contributed by atoms with E-state index in [9.17, 15) is 9.59 Å². The summed E-state index contributed by atoms with van der Waals surface area (Å²) in [7, 11) is 1.65. The molecule has 0 unspecified atom stereocenters. The minimum Gasteiger partial charge on any atom is -0.497 e. The third kappa shape index (κ3) is 2.93. The zero-order chi connectivity index (χ0) is 15.7. The Labute approximate surface area is 129 Å². The third-order valence-corrected chi connectivity index (χ3v) is 4.93. The number of carbonyl (C=O) groups is 2. The zero-order valence-corrected chi connectivity index (χ0v) is 12.6. The van der Waals surface area contributed by atoms with Crippen LogP contribution < -0.4 is 10.1 Å². The van der Waals surface area contributed by atoms with Gasteiger partial charge in [-0.1, -0.05) is 12.1 Å². The number of benzene rings is 1. The minimum absolute atomic E-state index is 0.0238. The Hall–Kier alpha value is -2.04. The fourth-order valence-corrected chi connectivity index (χ4v) is 3.24. The molecule has 0 spiro atoms. The molecule has 0 bridgehead atoms. The number of methoxy groups -OCH3 is 1. The van der Waals surface area contributed by atoms with E-state index in [1.165, 1.54) is 5.56 Å². The predicted octanol–water partition coefficient (Wildman–Crippen LogP) is 2.17. The van der Waals surface area contributed by atoms with Gasteiger partial charge >= 0.3 is 5.97 Å². The summed E-state index contributed by atoms with van der Waals surface area (Å²) < 4.78 is 5.15. The molecule has 0 atom stereocenters. The molecule has 118 valence electrons. The first kappa shape index (κ1) is 14.9. The van der Waals surface area contributed by atoms with E-state index in [2.05, 4.69) is 17.4 Å². The zero-order valence-electron chi connectivity index (χ0n) is 12.6. The smallest absolute Gasteiger partial charge is 0.306 e. The molecule has 2 aliphatic rings. The molecule has 0 saturated heterocycles. The molecule has 2 saturated carbocycles. The Bertz CT molecular complexity index is 557. The van der Waals surface area contributed by atoms with E-state index in [1.54, 1.807) is 7.11 Å². The van der Waals surface area contributed by atoms with Crippen LogP contribution in [0.25, 0.3) is 0 Å². The molecule has 5 nitrogen and oxygen atoms in total. The second-order valence-corrected chi connectivity index (χ2v) is 6.35. The van der Waals surface area contributed by atoms with Gasteiger partial charge in [-0.05, 0) is 49.3 Å². The van der Waals surface area contributed by atoms with Crippen LogP contribution in [0.5, 0.6) is 5.75 Å². The lowest BCUT2D eigenvalue weighted by Crippen LogP contribution is -2.49. The van der Waals surface area contributed by atoms with Crippen LogP contribution in [0.1, 0.15) is 37.2 Å². The number of hydrogen-bond donors (Lipinski definition) is 2. The van der Waals surface area contributed by atoms with Gasteiger partial charge < -0.3 is 15.2 Å². The van der Waals surface area contributed by atoms with Gasteiger partial charge in [-0.15, -0.1) is 0 Å². The largest absolute Gasteiger partial charge is 0.497 e. The van der Waals surface area contributed by atoms with E-state index in [4.69, 9.17) is 9.84 Å². The maximum atomic E-state index is 12.0. The van der Waals surface area contributed by atoms with E-state index in [0.29, 0.717) is 18.8 Å². The molecule has 1 aromatic rings. The molecule has 0 heterocycles. The Morgan fingerprint density at radius 1 is 1.09 bits per heavy atom. The van der Waals surface area contributed by atoms with Gasteiger partial charge in [0.25, 0.3) is 0 Å². The molecular formula is C17H21NO4. The highest BCUT2D eigenvalue weighted by molar-refractivity contribution is 5.83. The molecule has 1 amide bonds. The van der Waals surface area contributed by atoms with Crippen LogP contribution in [0.15, 0.2) is 24.3 Å². The Morgan fingerprint density at radius 2 is 1.73 bits per heavy atom. The average Bonchev–Trinajstić information content (AvgIpc) is 2.40. The van der Waals surface area contributed by atoms with Crippen molar-refractivity contribution in [3.05, 3.63) is 29.8 Å². The highest BCUT2D eigenvalue weighted by Crippen LogP contribution is 2.39. The van der Waals surface area contributed by atoms with Gasteiger partial charge in [0.2, 0.25) is 5.91 Å². The summed E-state index contributed by atoms with van der Waals surface area (Å²) in [6.07, 6.45) is 2.87. The van der Waals surface area contributed by atoms with Crippen LogP contribution in [0.4, 0.5) is 0 Å². The molecule has 22 heavy (non-hydrogen) atoms. The quantitative estimate of drug-likeness (QED) is 0.874. The molecule has 5 heteroatoms. The number of ether oxygens (including phenoxy) is 1. The fraction of sp³-hybridized carbons (Fsp3) is 0.529. The summed E-state index contributed by atoms with van der Waals surface area (Å²) in [6.45, 7) is 0. The van der Waals surface area contributed by atoms with Crippen LogP contribution in [0.2, 0.25) is 0 Å². The first-order valence-corrected chi connectivity index (χ1v) is 7.74. The number of nitrogens with one attached hydrogen (secondary N) is 1. The predicted molar refractivity (Wildman–Crippen MR) is 80.7 cm³/mol. The van der Waals surface area contributed by atoms with Crippen LogP contribution in [0, 0.1) is 11.8 Å². The van der Waals surface area contributed by atoms with Gasteiger partial charge in [0.1, 0.15) is 5.75 Å². The number of carboxylic acid groups (broad SMARTS) is 1. The molecule has 0 aromatic heterocycles. The van der Waals surface area contributed by atoms with E-state index in [1.807, 2.05) is 12.1 Å². The minimum atomic E-state index is -0.785. The van der Waals surface area contributed by atoms with Gasteiger partial charge in [0.05, 0.1) is 13.0 Å².